The molecule has 22 heavy (non-hydrogen) atoms. The molecular formula is C15H30N4O3. The molecular weight excluding hydrogens is 284 g/mol. The van der Waals surface area contributed by atoms with E-state index in [-0.39, 0.29) is 18.9 Å². The summed E-state index contributed by atoms with van der Waals surface area (Å²) in [6, 6.07) is 0. The summed E-state index contributed by atoms with van der Waals surface area (Å²) in [5.74, 6) is -0.408. The highest BCUT2D eigenvalue weighted by Crippen LogP contribution is 2.03. The van der Waals surface area contributed by atoms with Crippen molar-refractivity contribution in [2.24, 2.45) is 22.4 Å². The molecule has 0 saturated carbocycles. The molecule has 0 aliphatic carbocycles. The van der Waals surface area contributed by atoms with Gasteiger partial charge in [0.2, 0.25) is 0 Å². The molecule has 0 aromatic carbocycles. The van der Waals surface area contributed by atoms with Crippen LogP contribution in [0.25, 0.3) is 0 Å². The number of rotatable bonds is 12. The van der Waals surface area contributed by atoms with E-state index in [0.29, 0.717) is 18.9 Å². The molecule has 0 aromatic heterocycles. The highest BCUT2D eigenvalue weighted by atomic mass is 16.6. The summed E-state index contributed by atoms with van der Waals surface area (Å²) >= 11 is 0. The van der Waals surface area contributed by atoms with Crippen LogP contribution in [0.15, 0.2) is 4.99 Å². The van der Waals surface area contributed by atoms with Gasteiger partial charge in [-0.25, -0.2) is 0 Å². The molecule has 0 amide bonds. The molecule has 0 aromatic rings. The van der Waals surface area contributed by atoms with Gasteiger partial charge >= 0.3 is 11.9 Å². The van der Waals surface area contributed by atoms with Gasteiger partial charge in [0.15, 0.2) is 5.96 Å². The first kappa shape index (κ1) is 20.4. The minimum Gasteiger partial charge on any atom is -0.392 e. The van der Waals surface area contributed by atoms with E-state index in [4.69, 9.17) is 16.2 Å². The molecule has 0 radical (unpaired) electrons. The third-order valence-corrected chi connectivity index (χ3v) is 3.10. The largest absolute Gasteiger partial charge is 0.392 e. The second-order valence-corrected chi connectivity index (χ2v) is 5.49. The van der Waals surface area contributed by atoms with Crippen molar-refractivity contribution in [1.29, 1.82) is 0 Å². The number of unbranched alkanes of at least 4 members (excludes halogenated alkanes) is 2. The van der Waals surface area contributed by atoms with E-state index in [2.05, 4.69) is 24.2 Å². The van der Waals surface area contributed by atoms with Gasteiger partial charge in [0.25, 0.3) is 0 Å². The third kappa shape index (κ3) is 13.4. The molecule has 0 rings (SSSR count). The number of ether oxygens (including phenoxy) is 1. The minimum absolute atomic E-state index is 0.0737. The fraction of sp³-hybridized carbons (Fsp3) is 0.800. The van der Waals surface area contributed by atoms with Gasteiger partial charge in [0.1, 0.15) is 0 Å². The van der Waals surface area contributed by atoms with E-state index >= 15 is 0 Å². The molecule has 128 valence electrons. The second kappa shape index (κ2) is 13.1. The molecule has 0 spiro atoms. The van der Waals surface area contributed by atoms with Crippen molar-refractivity contribution in [2.45, 2.75) is 52.4 Å². The lowest BCUT2D eigenvalue weighted by Gasteiger charge is -2.10. The van der Waals surface area contributed by atoms with E-state index in [0.717, 1.165) is 32.2 Å². The Kier molecular flexibility index (Phi) is 12.1. The summed E-state index contributed by atoms with van der Waals surface area (Å²) in [7, 11) is 0. The summed E-state index contributed by atoms with van der Waals surface area (Å²) < 4.78 is 4.73. The van der Waals surface area contributed by atoms with Crippen LogP contribution in [-0.2, 0) is 14.3 Å². The SMILES string of the molecule is CCCC(C)CNCC(=O)OC(=O)CCCCCN=C(N)N. The van der Waals surface area contributed by atoms with Crippen molar-refractivity contribution in [1.82, 2.24) is 5.32 Å². The number of nitrogens with zero attached hydrogens (tertiary/aromatic N) is 1. The van der Waals surface area contributed by atoms with Gasteiger partial charge in [-0.2, -0.15) is 0 Å². The highest BCUT2D eigenvalue weighted by molar-refractivity contribution is 5.86. The Morgan fingerprint density at radius 2 is 1.91 bits per heavy atom. The Labute approximate surface area is 132 Å². The van der Waals surface area contributed by atoms with E-state index in [1.54, 1.807) is 0 Å². The van der Waals surface area contributed by atoms with Gasteiger partial charge in [-0.15, -0.1) is 0 Å². The molecule has 1 unspecified atom stereocenters. The van der Waals surface area contributed by atoms with E-state index in [9.17, 15) is 9.59 Å². The van der Waals surface area contributed by atoms with Crippen molar-refractivity contribution in [3.05, 3.63) is 0 Å². The summed E-state index contributed by atoms with van der Waals surface area (Å²) in [5.41, 5.74) is 10.4. The monoisotopic (exact) mass is 314 g/mol. The summed E-state index contributed by atoms with van der Waals surface area (Å²) in [4.78, 5) is 26.8. The van der Waals surface area contributed by atoms with Gasteiger partial charge in [0.05, 0.1) is 6.54 Å². The molecule has 0 aliphatic rings. The zero-order chi connectivity index (χ0) is 16.8. The maximum Gasteiger partial charge on any atom is 0.327 e. The van der Waals surface area contributed by atoms with Crippen LogP contribution in [0.5, 0.6) is 0 Å². The van der Waals surface area contributed by atoms with Crippen molar-refractivity contribution in [3.8, 4) is 0 Å². The summed E-state index contributed by atoms with van der Waals surface area (Å²) in [5, 5.41) is 3.00. The maximum absolute atomic E-state index is 11.5. The molecule has 0 fully saturated rings. The van der Waals surface area contributed by atoms with Gasteiger partial charge in [-0.05, 0) is 31.7 Å². The quantitative estimate of drug-likeness (QED) is 0.162. The fourth-order valence-corrected chi connectivity index (χ4v) is 2.00. The zero-order valence-corrected chi connectivity index (χ0v) is 13.8. The number of esters is 2. The number of carbonyl (C=O) groups is 2. The number of hydrogen-bond donors (Lipinski definition) is 3. The zero-order valence-electron chi connectivity index (χ0n) is 13.8. The standard InChI is InChI=1S/C15H30N4O3/c1-3-7-12(2)10-18-11-14(21)22-13(20)8-5-4-6-9-19-15(16)17/h12,18H,3-11H2,1-2H3,(H4,16,17,19). The molecule has 7 heteroatoms. The highest BCUT2D eigenvalue weighted by Gasteiger charge is 2.10. The Morgan fingerprint density at radius 3 is 2.55 bits per heavy atom. The molecule has 0 saturated heterocycles. The summed E-state index contributed by atoms with van der Waals surface area (Å²) in [6.07, 6.45) is 4.74. The van der Waals surface area contributed by atoms with Gasteiger partial charge in [0, 0.05) is 13.0 Å². The average molecular weight is 314 g/mol. The predicted octanol–water partition coefficient (Wildman–Crippen LogP) is 0.916. The van der Waals surface area contributed by atoms with E-state index in [1.165, 1.54) is 0 Å². The van der Waals surface area contributed by atoms with Gasteiger partial charge in [-0.3, -0.25) is 14.6 Å². The van der Waals surface area contributed by atoms with Crippen molar-refractivity contribution in [2.75, 3.05) is 19.6 Å². The first-order valence-electron chi connectivity index (χ1n) is 7.95. The van der Waals surface area contributed by atoms with Gasteiger partial charge in [-0.1, -0.05) is 26.7 Å². The van der Waals surface area contributed by atoms with Crippen LogP contribution in [0, 0.1) is 5.92 Å². The molecule has 0 aliphatic heterocycles. The topological polar surface area (TPSA) is 120 Å². The normalized spacial score (nSPS) is 11.7. The Morgan fingerprint density at radius 1 is 1.18 bits per heavy atom. The average Bonchev–Trinajstić information content (AvgIpc) is 2.42. The van der Waals surface area contributed by atoms with Crippen LogP contribution in [0.2, 0.25) is 0 Å². The van der Waals surface area contributed by atoms with E-state index < -0.39 is 11.9 Å². The smallest absolute Gasteiger partial charge is 0.327 e. The lowest BCUT2D eigenvalue weighted by Crippen LogP contribution is -2.29. The minimum atomic E-state index is -0.519. The first-order valence-corrected chi connectivity index (χ1v) is 7.95. The van der Waals surface area contributed by atoms with Crippen molar-refractivity contribution in [3.63, 3.8) is 0 Å². The Balaban J connectivity index is 3.57. The lowest BCUT2D eigenvalue weighted by molar-refractivity contribution is -0.159. The molecule has 0 heterocycles. The van der Waals surface area contributed by atoms with Crippen LogP contribution in [0.4, 0.5) is 0 Å². The maximum atomic E-state index is 11.5. The van der Waals surface area contributed by atoms with Crippen LogP contribution in [-0.4, -0.2) is 37.5 Å². The number of aliphatic imine (C=N–C) groups is 1. The lowest BCUT2D eigenvalue weighted by atomic mass is 10.1. The predicted molar refractivity (Wildman–Crippen MR) is 87.2 cm³/mol. The summed E-state index contributed by atoms with van der Waals surface area (Å²) in [6.45, 7) is 5.62. The second-order valence-electron chi connectivity index (χ2n) is 5.49. The molecule has 0 bridgehead atoms. The number of carbonyl (C=O) groups excluding carboxylic acids is 2. The van der Waals surface area contributed by atoms with Crippen LogP contribution < -0.4 is 16.8 Å². The number of nitrogens with one attached hydrogen (secondary N) is 1. The number of hydrogen-bond acceptors (Lipinski definition) is 5. The van der Waals surface area contributed by atoms with E-state index in [1.807, 2.05) is 0 Å². The Bertz CT molecular complexity index is 355. The number of guanidine groups is 1. The Hall–Kier alpha value is -1.63. The number of nitrogens with two attached hydrogens (primary N) is 2. The van der Waals surface area contributed by atoms with Crippen molar-refractivity contribution >= 4 is 17.9 Å². The third-order valence-electron chi connectivity index (χ3n) is 3.10. The molecule has 7 nitrogen and oxygen atoms in total. The van der Waals surface area contributed by atoms with Crippen molar-refractivity contribution < 1.29 is 14.3 Å². The van der Waals surface area contributed by atoms with Crippen LogP contribution >= 0.6 is 0 Å². The molecule has 1 atom stereocenters. The van der Waals surface area contributed by atoms with Crippen LogP contribution in [0.1, 0.15) is 52.4 Å². The fourth-order valence-electron chi connectivity index (χ4n) is 2.00. The first-order chi connectivity index (χ1) is 10.5. The van der Waals surface area contributed by atoms with Gasteiger partial charge < -0.3 is 21.5 Å². The molecule has 5 N–H and O–H groups in total. The van der Waals surface area contributed by atoms with Crippen LogP contribution in [0.3, 0.4) is 0 Å².